The monoisotopic (exact) mass is 485 g/mol. The van der Waals surface area contributed by atoms with Gasteiger partial charge in [-0.1, -0.05) is 69.5 Å². The average molecular weight is 487 g/mol. The summed E-state index contributed by atoms with van der Waals surface area (Å²) in [7, 11) is 0. The van der Waals surface area contributed by atoms with E-state index in [1.54, 1.807) is 24.3 Å². The largest absolute Gasteiger partial charge is 0.298 e. The Labute approximate surface area is 178 Å². The highest BCUT2D eigenvalue weighted by molar-refractivity contribution is 9.10. The van der Waals surface area contributed by atoms with Crippen LogP contribution in [0.25, 0.3) is 6.08 Å². The third kappa shape index (κ3) is 4.38. The number of halogens is 3. The maximum absolute atomic E-state index is 12.6. The van der Waals surface area contributed by atoms with Crippen LogP contribution in [-0.2, 0) is 11.2 Å². The number of thioether (sulfide) groups is 1. The van der Waals surface area contributed by atoms with Crippen molar-refractivity contribution >= 4 is 85.3 Å². The molecule has 1 heterocycles. The van der Waals surface area contributed by atoms with Crippen molar-refractivity contribution in [2.75, 3.05) is 0 Å². The van der Waals surface area contributed by atoms with E-state index in [9.17, 15) is 9.59 Å². The quantitative estimate of drug-likeness (QED) is 0.373. The molecule has 1 fully saturated rings. The van der Waals surface area contributed by atoms with E-state index < -0.39 is 5.24 Å². The van der Waals surface area contributed by atoms with Crippen LogP contribution in [0.5, 0.6) is 0 Å². The summed E-state index contributed by atoms with van der Waals surface area (Å²) in [4.78, 5) is 26.6. The van der Waals surface area contributed by atoms with E-state index in [4.69, 9.17) is 35.4 Å². The van der Waals surface area contributed by atoms with E-state index in [0.29, 0.717) is 20.5 Å². The summed E-state index contributed by atoms with van der Waals surface area (Å²) in [5.74, 6) is -0.361. The van der Waals surface area contributed by atoms with Crippen LogP contribution < -0.4 is 0 Å². The standard InChI is InChI=1S/C18H10BrCl2NO2S2/c19-12-4-1-10(2-5-12)7-16(23)22-17(25)15(26-18(22)24)8-11-3-6-13(20)9-14(11)21/h1-6,8-9H,7H2/b15-8+. The maximum atomic E-state index is 12.6. The number of hydrogen-bond donors (Lipinski definition) is 0. The first-order chi connectivity index (χ1) is 12.3. The Kier molecular flexibility index (Phi) is 6.20. The number of thiocarbonyl (C=S) groups is 1. The molecule has 132 valence electrons. The fourth-order valence-electron chi connectivity index (χ4n) is 2.30. The topological polar surface area (TPSA) is 37.4 Å². The maximum Gasteiger partial charge on any atom is 0.298 e. The highest BCUT2D eigenvalue weighted by Gasteiger charge is 2.36. The summed E-state index contributed by atoms with van der Waals surface area (Å²) in [6, 6.07) is 12.4. The van der Waals surface area contributed by atoms with Crippen molar-refractivity contribution < 1.29 is 9.59 Å². The highest BCUT2D eigenvalue weighted by atomic mass is 79.9. The summed E-state index contributed by atoms with van der Waals surface area (Å²) in [6.45, 7) is 0. The van der Waals surface area contributed by atoms with Crippen LogP contribution in [0.2, 0.25) is 10.0 Å². The first-order valence-electron chi connectivity index (χ1n) is 7.35. The molecule has 26 heavy (non-hydrogen) atoms. The first-order valence-corrected chi connectivity index (χ1v) is 10.1. The van der Waals surface area contributed by atoms with Crippen LogP contribution in [0, 0.1) is 0 Å². The molecule has 2 aromatic rings. The molecule has 1 aliphatic heterocycles. The molecule has 2 aromatic carbocycles. The Morgan fingerprint density at radius 2 is 1.88 bits per heavy atom. The molecule has 2 amide bonds. The van der Waals surface area contributed by atoms with Gasteiger partial charge >= 0.3 is 0 Å². The fourth-order valence-corrected chi connectivity index (χ4v) is 4.29. The molecule has 0 aliphatic carbocycles. The molecule has 1 saturated heterocycles. The molecule has 3 rings (SSSR count). The van der Waals surface area contributed by atoms with Crippen molar-refractivity contribution in [3.8, 4) is 0 Å². The van der Waals surface area contributed by atoms with E-state index >= 15 is 0 Å². The molecule has 0 aromatic heterocycles. The first kappa shape index (κ1) is 19.6. The molecule has 0 bridgehead atoms. The van der Waals surface area contributed by atoms with Crippen molar-refractivity contribution in [1.29, 1.82) is 0 Å². The average Bonchev–Trinajstić information content (AvgIpc) is 2.86. The number of hydrogen-bond acceptors (Lipinski definition) is 4. The Balaban J connectivity index is 1.81. The number of rotatable bonds is 3. The SMILES string of the molecule is O=C(Cc1ccc(Br)cc1)N1C(=O)S/C(=C/c2ccc(Cl)cc2Cl)C1=S. The number of carbonyl (C=O) groups is 2. The lowest BCUT2D eigenvalue weighted by atomic mass is 10.1. The molecule has 0 unspecified atom stereocenters. The smallest absolute Gasteiger partial charge is 0.274 e. The van der Waals surface area contributed by atoms with Gasteiger partial charge in [0, 0.05) is 14.5 Å². The number of imide groups is 1. The van der Waals surface area contributed by atoms with Crippen molar-refractivity contribution in [1.82, 2.24) is 4.90 Å². The van der Waals surface area contributed by atoms with Gasteiger partial charge in [0.2, 0.25) is 5.91 Å². The molecule has 3 nitrogen and oxygen atoms in total. The van der Waals surface area contributed by atoms with E-state index in [2.05, 4.69) is 15.9 Å². The number of benzene rings is 2. The van der Waals surface area contributed by atoms with Crippen LogP contribution >= 0.6 is 63.1 Å². The van der Waals surface area contributed by atoms with Crippen molar-refractivity contribution in [3.63, 3.8) is 0 Å². The van der Waals surface area contributed by atoms with Gasteiger partial charge < -0.3 is 0 Å². The highest BCUT2D eigenvalue weighted by Crippen LogP contribution is 2.35. The molecule has 0 N–H and O–H groups in total. The third-order valence-electron chi connectivity index (χ3n) is 3.56. The van der Waals surface area contributed by atoms with Gasteiger partial charge in [0.25, 0.3) is 5.24 Å². The Morgan fingerprint density at radius 3 is 2.54 bits per heavy atom. The number of carbonyl (C=O) groups excluding carboxylic acids is 2. The van der Waals surface area contributed by atoms with Gasteiger partial charge in [0.1, 0.15) is 4.99 Å². The zero-order valence-corrected chi connectivity index (χ0v) is 17.8. The normalized spacial score (nSPS) is 15.8. The lowest BCUT2D eigenvalue weighted by molar-refractivity contribution is -0.124. The van der Waals surface area contributed by atoms with Crippen LogP contribution in [0.15, 0.2) is 51.8 Å². The number of nitrogens with zero attached hydrogens (tertiary/aromatic N) is 1. The van der Waals surface area contributed by atoms with Crippen molar-refractivity contribution in [2.45, 2.75) is 6.42 Å². The minimum Gasteiger partial charge on any atom is -0.274 e. The second-order valence-electron chi connectivity index (χ2n) is 5.38. The van der Waals surface area contributed by atoms with E-state index in [0.717, 1.165) is 26.7 Å². The zero-order valence-electron chi connectivity index (χ0n) is 13.0. The van der Waals surface area contributed by atoms with E-state index in [1.807, 2.05) is 24.3 Å². The van der Waals surface area contributed by atoms with Gasteiger partial charge in [-0.25, -0.2) is 4.90 Å². The van der Waals surface area contributed by atoms with Crippen LogP contribution in [0.1, 0.15) is 11.1 Å². The predicted octanol–water partition coefficient (Wildman–Crippen LogP) is 6.36. The van der Waals surface area contributed by atoms with E-state index in [-0.39, 0.29) is 17.3 Å². The Bertz CT molecular complexity index is 945. The lowest BCUT2D eigenvalue weighted by Crippen LogP contribution is -2.35. The molecule has 0 spiro atoms. The Morgan fingerprint density at radius 1 is 1.19 bits per heavy atom. The summed E-state index contributed by atoms with van der Waals surface area (Å²) < 4.78 is 0.919. The number of amides is 2. The van der Waals surface area contributed by atoms with Crippen LogP contribution in [-0.4, -0.2) is 21.0 Å². The summed E-state index contributed by atoms with van der Waals surface area (Å²) >= 11 is 21.7. The van der Waals surface area contributed by atoms with Crippen LogP contribution in [0.3, 0.4) is 0 Å². The van der Waals surface area contributed by atoms with Gasteiger partial charge in [-0.3, -0.25) is 9.59 Å². The minimum absolute atomic E-state index is 0.0920. The third-order valence-corrected chi connectivity index (χ3v) is 6.07. The molecule has 1 aliphatic rings. The summed E-state index contributed by atoms with van der Waals surface area (Å²) in [5.41, 5.74) is 1.48. The molecule has 0 atom stereocenters. The molecule has 0 saturated carbocycles. The lowest BCUT2D eigenvalue weighted by Gasteiger charge is -2.12. The van der Waals surface area contributed by atoms with Gasteiger partial charge in [0.15, 0.2) is 0 Å². The predicted molar refractivity (Wildman–Crippen MR) is 115 cm³/mol. The van der Waals surface area contributed by atoms with Crippen LogP contribution in [0.4, 0.5) is 4.79 Å². The van der Waals surface area contributed by atoms with Crippen molar-refractivity contribution in [2.24, 2.45) is 0 Å². The minimum atomic E-state index is -0.409. The van der Waals surface area contributed by atoms with Gasteiger partial charge in [-0.05, 0) is 53.2 Å². The fraction of sp³-hybridized carbons (Fsp3) is 0.0556. The van der Waals surface area contributed by atoms with Gasteiger partial charge in [0.05, 0.1) is 11.3 Å². The summed E-state index contributed by atoms with van der Waals surface area (Å²) in [6.07, 6.45) is 1.78. The summed E-state index contributed by atoms with van der Waals surface area (Å²) in [5, 5.41) is 0.551. The molecule has 8 heteroatoms. The second kappa shape index (κ2) is 8.23. The zero-order chi connectivity index (χ0) is 18.8. The molecular formula is C18H10BrCl2NO2S2. The van der Waals surface area contributed by atoms with Crippen molar-refractivity contribution in [3.05, 3.63) is 73.0 Å². The molecular weight excluding hydrogens is 477 g/mol. The second-order valence-corrected chi connectivity index (χ2v) is 8.52. The molecule has 0 radical (unpaired) electrons. The Hall–Kier alpha value is -1.18. The van der Waals surface area contributed by atoms with Gasteiger partial charge in [-0.15, -0.1) is 0 Å². The van der Waals surface area contributed by atoms with E-state index in [1.165, 1.54) is 0 Å². The van der Waals surface area contributed by atoms with Gasteiger partial charge in [-0.2, -0.15) is 0 Å².